The van der Waals surface area contributed by atoms with Gasteiger partial charge >= 0.3 is 0 Å². The second-order valence-electron chi connectivity index (χ2n) is 7.31. The van der Waals surface area contributed by atoms with Crippen molar-refractivity contribution in [3.8, 4) is 11.5 Å². The molecule has 1 N–H and O–H groups in total. The second kappa shape index (κ2) is 11.4. The van der Waals surface area contributed by atoms with E-state index in [0.717, 1.165) is 0 Å². The Labute approximate surface area is 217 Å². The zero-order chi connectivity index (χ0) is 24.8. The molecule has 0 radical (unpaired) electrons. The van der Waals surface area contributed by atoms with Crippen LogP contribution in [0.4, 0.5) is 5.69 Å². The van der Waals surface area contributed by atoms with Crippen molar-refractivity contribution in [2.24, 2.45) is 0 Å². The van der Waals surface area contributed by atoms with E-state index < -0.39 is 0 Å². The molecule has 1 aliphatic heterocycles. The van der Waals surface area contributed by atoms with E-state index in [-0.39, 0.29) is 35.7 Å². The summed E-state index contributed by atoms with van der Waals surface area (Å²) < 4.78 is 17.2. The van der Waals surface area contributed by atoms with Crippen LogP contribution in [-0.2, 0) is 16.1 Å². The van der Waals surface area contributed by atoms with Gasteiger partial charge in [0.05, 0.1) is 29.3 Å². The molecule has 180 valence electrons. The Morgan fingerprint density at radius 1 is 1.20 bits per heavy atom. The van der Waals surface area contributed by atoms with E-state index in [0.29, 0.717) is 38.6 Å². The monoisotopic (exact) mass is 528 g/mol. The van der Waals surface area contributed by atoms with Gasteiger partial charge in [-0.05, 0) is 55.0 Å². The maximum absolute atomic E-state index is 12.9. The molecule has 2 aromatic carbocycles. The number of amides is 2. The van der Waals surface area contributed by atoms with E-state index in [1.54, 1.807) is 48.7 Å². The van der Waals surface area contributed by atoms with Crippen LogP contribution in [0.15, 0.2) is 70.2 Å². The van der Waals surface area contributed by atoms with Gasteiger partial charge < -0.3 is 19.2 Å². The van der Waals surface area contributed by atoms with Crippen molar-refractivity contribution in [3.63, 3.8) is 0 Å². The summed E-state index contributed by atoms with van der Waals surface area (Å²) in [6.07, 6.45) is 3.25. The molecule has 10 heteroatoms. The molecular weight excluding hydrogens is 508 g/mol. The summed E-state index contributed by atoms with van der Waals surface area (Å²) in [5.41, 5.74) is 1.30. The molecule has 0 saturated carbocycles. The van der Waals surface area contributed by atoms with Crippen molar-refractivity contribution in [2.75, 3.05) is 18.5 Å². The standard InChI is InChI=1S/C25H21ClN2O5S2/c1-2-31-20-12-16(13-21-24(30)28(25(34)35-21)14-18-9-6-10-32-18)11-19(26)23(20)33-15-22(29)27-17-7-4-3-5-8-17/h3-13H,2,14-15H2,1H3,(H,27,29)/b21-13-. The third-order valence-corrected chi connectivity index (χ3v) is 6.46. The van der Waals surface area contributed by atoms with Crippen LogP contribution in [0.1, 0.15) is 18.2 Å². The number of benzene rings is 2. The van der Waals surface area contributed by atoms with Gasteiger partial charge in [0.2, 0.25) is 0 Å². The lowest BCUT2D eigenvalue weighted by Gasteiger charge is -2.15. The first kappa shape index (κ1) is 24.8. The molecule has 0 bridgehead atoms. The van der Waals surface area contributed by atoms with Gasteiger partial charge in [-0.2, -0.15) is 0 Å². The number of hydrogen-bond donors (Lipinski definition) is 1. The van der Waals surface area contributed by atoms with E-state index in [1.165, 1.54) is 16.7 Å². The number of rotatable bonds is 9. The van der Waals surface area contributed by atoms with Crippen LogP contribution in [0.25, 0.3) is 6.08 Å². The number of ether oxygens (including phenoxy) is 2. The fraction of sp³-hybridized carbons (Fsp3) is 0.160. The van der Waals surface area contributed by atoms with Crippen molar-refractivity contribution < 1.29 is 23.5 Å². The van der Waals surface area contributed by atoms with Crippen LogP contribution in [0.5, 0.6) is 11.5 Å². The summed E-state index contributed by atoms with van der Waals surface area (Å²) in [4.78, 5) is 27.1. The fourth-order valence-electron chi connectivity index (χ4n) is 3.28. The zero-order valence-electron chi connectivity index (χ0n) is 18.7. The number of carbonyl (C=O) groups excluding carboxylic acids is 2. The first-order chi connectivity index (χ1) is 16.9. The van der Waals surface area contributed by atoms with Gasteiger partial charge in [-0.25, -0.2) is 0 Å². The summed E-state index contributed by atoms with van der Waals surface area (Å²) in [5.74, 6) is 0.702. The van der Waals surface area contributed by atoms with Crippen molar-refractivity contribution in [1.82, 2.24) is 4.90 Å². The average Bonchev–Trinajstić information content (AvgIpc) is 3.43. The zero-order valence-corrected chi connectivity index (χ0v) is 21.0. The number of halogens is 1. The predicted octanol–water partition coefficient (Wildman–Crippen LogP) is 5.75. The van der Waals surface area contributed by atoms with Gasteiger partial charge in [-0.3, -0.25) is 14.5 Å². The van der Waals surface area contributed by atoms with E-state index in [2.05, 4.69) is 5.32 Å². The van der Waals surface area contributed by atoms with Crippen molar-refractivity contribution in [2.45, 2.75) is 13.5 Å². The number of thioether (sulfide) groups is 1. The third kappa shape index (κ3) is 6.25. The topological polar surface area (TPSA) is 81.0 Å². The summed E-state index contributed by atoms with van der Waals surface area (Å²) >= 11 is 13.1. The molecule has 1 fully saturated rings. The molecule has 4 rings (SSSR count). The van der Waals surface area contributed by atoms with Gasteiger partial charge in [0.15, 0.2) is 18.1 Å². The number of nitrogens with zero attached hydrogens (tertiary/aromatic N) is 1. The number of anilines is 1. The normalized spacial score (nSPS) is 14.5. The Hall–Kier alpha value is -3.27. The maximum Gasteiger partial charge on any atom is 0.266 e. The third-order valence-electron chi connectivity index (χ3n) is 4.80. The SMILES string of the molecule is CCOc1cc(/C=C2\SC(=S)N(Cc3ccco3)C2=O)cc(Cl)c1OCC(=O)Nc1ccccc1. The fourth-order valence-corrected chi connectivity index (χ4v) is 4.81. The lowest BCUT2D eigenvalue weighted by atomic mass is 10.1. The van der Waals surface area contributed by atoms with Crippen LogP contribution >= 0.6 is 35.6 Å². The molecule has 0 aliphatic carbocycles. The molecule has 2 heterocycles. The van der Waals surface area contributed by atoms with Gasteiger partial charge in [-0.1, -0.05) is 53.8 Å². The van der Waals surface area contributed by atoms with Crippen LogP contribution in [0.2, 0.25) is 5.02 Å². The maximum atomic E-state index is 12.9. The first-order valence-corrected chi connectivity index (χ1v) is 12.3. The number of nitrogens with one attached hydrogen (secondary N) is 1. The molecule has 1 aromatic heterocycles. The van der Waals surface area contributed by atoms with Gasteiger partial charge in [-0.15, -0.1) is 0 Å². The van der Waals surface area contributed by atoms with Crippen LogP contribution in [-0.4, -0.2) is 34.2 Å². The summed E-state index contributed by atoms with van der Waals surface area (Å²) in [6, 6.07) is 16.0. The summed E-state index contributed by atoms with van der Waals surface area (Å²) in [6.45, 7) is 2.20. The Bertz CT molecular complexity index is 1260. The number of para-hydroxylation sites is 1. The highest BCUT2D eigenvalue weighted by molar-refractivity contribution is 8.26. The predicted molar refractivity (Wildman–Crippen MR) is 141 cm³/mol. The van der Waals surface area contributed by atoms with Crippen LogP contribution in [0.3, 0.4) is 0 Å². The Morgan fingerprint density at radius 2 is 2.00 bits per heavy atom. The summed E-state index contributed by atoms with van der Waals surface area (Å²) in [7, 11) is 0. The van der Waals surface area contributed by atoms with Gasteiger partial charge in [0.25, 0.3) is 11.8 Å². The Kier molecular flexibility index (Phi) is 8.12. The minimum Gasteiger partial charge on any atom is -0.490 e. The molecule has 0 unspecified atom stereocenters. The number of hydrogen-bond acceptors (Lipinski definition) is 7. The lowest BCUT2D eigenvalue weighted by Crippen LogP contribution is -2.27. The van der Waals surface area contributed by atoms with Crippen molar-refractivity contribution >= 4 is 63.5 Å². The molecule has 7 nitrogen and oxygen atoms in total. The number of thiocarbonyl (C=S) groups is 1. The highest BCUT2D eigenvalue weighted by atomic mass is 35.5. The first-order valence-electron chi connectivity index (χ1n) is 10.7. The van der Waals surface area contributed by atoms with E-state index in [4.69, 9.17) is 37.7 Å². The largest absolute Gasteiger partial charge is 0.490 e. The number of carbonyl (C=O) groups is 2. The highest BCUT2D eigenvalue weighted by Gasteiger charge is 2.32. The molecule has 1 aliphatic rings. The summed E-state index contributed by atoms with van der Waals surface area (Å²) in [5, 5.41) is 3.00. The van der Waals surface area contributed by atoms with Crippen molar-refractivity contribution in [1.29, 1.82) is 0 Å². The van der Waals surface area contributed by atoms with Gasteiger partial charge in [0.1, 0.15) is 10.1 Å². The molecule has 3 aromatic rings. The number of furan rings is 1. The Morgan fingerprint density at radius 3 is 2.71 bits per heavy atom. The minimum absolute atomic E-state index is 0.219. The van der Waals surface area contributed by atoms with E-state index in [9.17, 15) is 9.59 Å². The Balaban J connectivity index is 1.49. The van der Waals surface area contributed by atoms with E-state index >= 15 is 0 Å². The molecule has 35 heavy (non-hydrogen) atoms. The van der Waals surface area contributed by atoms with Crippen LogP contribution in [0, 0.1) is 0 Å². The second-order valence-corrected chi connectivity index (χ2v) is 9.40. The molecule has 2 amide bonds. The van der Waals surface area contributed by atoms with Crippen molar-refractivity contribution in [3.05, 3.63) is 82.1 Å². The quantitative estimate of drug-likeness (QED) is 0.280. The van der Waals surface area contributed by atoms with E-state index in [1.807, 2.05) is 25.1 Å². The van der Waals surface area contributed by atoms with Crippen LogP contribution < -0.4 is 14.8 Å². The minimum atomic E-state index is -0.334. The van der Waals surface area contributed by atoms with Gasteiger partial charge in [0, 0.05) is 5.69 Å². The molecule has 0 atom stereocenters. The molecule has 0 spiro atoms. The molecule has 1 saturated heterocycles. The molecular formula is C25H21ClN2O5S2. The average molecular weight is 529 g/mol. The highest BCUT2D eigenvalue weighted by Crippen LogP contribution is 2.39. The lowest BCUT2D eigenvalue weighted by molar-refractivity contribution is -0.122. The smallest absolute Gasteiger partial charge is 0.266 e.